The molecule has 0 spiro atoms. The molecule has 24 heavy (non-hydrogen) atoms. The Hall–Kier alpha value is -2.24. The van der Waals surface area contributed by atoms with E-state index in [2.05, 4.69) is 5.32 Å². The Morgan fingerprint density at radius 1 is 1.21 bits per heavy atom. The number of carbonyl (C=O) groups excluding carboxylic acids is 2. The van der Waals surface area contributed by atoms with Gasteiger partial charge in [0.1, 0.15) is 6.04 Å². The predicted molar refractivity (Wildman–Crippen MR) is 91.5 cm³/mol. The lowest BCUT2D eigenvalue weighted by molar-refractivity contribution is -0.127. The summed E-state index contributed by atoms with van der Waals surface area (Å²) in [5, 5.41) is 2.97. The molecule has 2 rings (SSSR count). The van der Waals surface area contributed by atoms with E-state index in [0.717, 1.165) is 0 Å². The van der Waals surface area contributed by atoms with Crippen molar-refractivity contribution in [1.29, 1.82) is 0 Å². The molecule has 1 aromatic carbocycles. The Morgan fingerprint density at radius 2 is 1.83 bits per heavy atom. The molecule has 0 bridgehead atoms. The highest BCUT2D eigenvalue weighted by atomic mass is 16.5. The lowest BCUT2D eigenvalue weighted by Gasteiger charge is -2.31. The van der Waals surface area contributed by atoms with Crippen molar-refractivity contribution in [3.05, 3.63) is 23.3 Å². The van der Waals surface area contributed by atoms with Crippen LogP contribution in [-0.4, -0.2) is 42.5 Å². The Bertz CT molecular complexity index is 662. The smallest absolute Gasteiger partial charge is 0.259 e. The number of amides is 2. The van der Waals surface area contributed by atoms with Crippen molar-refractivity contribution in [3.8, 4) is 11.5 Å². The third-order valence-corrected chi connectivity index (χ3v) is 3.90. The van der Waals surface area contributed by atoms with Crippen LogP contribution in [0.5, 0.6) is 11.5 Å². The van der Waals surface area contributed by atoms with Gasteiger partial charge in [-0.3, -0.25) is 9.59 Å². The Morgan fingerprint density at radius 3 is 2.29 bits per heavy atom. The van der Waals surface area contributed by atoms with Gasteiger partial charge in [0, 0.05) is 17.1 Å². The molecule has 2 amide bonds. The van der Waals surface area contributed by atoms with Crippen molar-refractivity contribution in [3.63, 3.8) is 0 Å². The zero-order valence-electron chi connectivity index (χ0n) is 15.4. The summed E-state index contributed by atoms with van der Waals surface area (Å²) in [6.07, 6.45) is 0. The molecule has 0 radical (unpaired) electrons. The number of methoxy groups -OCH3 is 2. The molecule has 0 aliphatic carbocycles. The molecular weight excluding hydrogens is 308 g/mol. The van der Waals surface area contributed by atoms with Crippen LogP contribution in [0.4, 0.5) is 0 Å². The van der Waals surface area contributed by atoms with Crippen LogP contribution >= 0.6 is 0 Å². The van der Waals surface area contributed by atoms with Crippen LogP contribution in [0.3, 0.4) is 0 Å². The monoisotopic (exact) mass is 334 g/mol. The summed E-state index contributed by atoms with van der Waals surface area (Å²) in [7, 11) is 3.02. The molecule has 6 nitrogen and oxygen atoms in total. The normalized spacial score (nSPS) is 17.1. The average molecular weight is 334 g/mol. The van der Waals surface area contributed by atoms with Crippen LogP contribution < -0.4 is 14.8 Å². The fraction of sp³-hybridized carbons (Fsp3) is 0.556. The van der Waals surface area contributed by atoms with Crippen LogP contribution in [0.1, 0.15) is 56.6 Å². The van der Waals surface area contributed by atoms with Crippen LogP contribution in [0.25, 0.3) is 0 Å². The van der Waals surface area contributed by atoms with Crippen molar-refractivity contribution in [1.82, 2.24) is 10.2 Å². The highest BCUT2D eigenvalue weighted by molar-refractivity contribution is 6.07. The number of benzene rings is 1. The number of rotatable bonds is 4. The lowest BCUT2D eigenvalue weighted by Crippen LogP contribution is -2.48. The van der Waals surface area contributed by atoms with Gasteiger partial charge in [0.15, 0.2) is 11.5 Å². The number of ether oxygens (including phenoxy) is 2. The SMILES string of the molecule is COc1ccc2c(c1OC)C(=O)N(C(C)C)C2C(=O)NC(C)(C)C. The largest absolute Gasteiger partial charge is 0.493 e. The van der Waals surface area contributed by atoms with Gasteiger partial charge in [0.2, 0.25) is 5.91 Å². The van der Waals surface area contributed by atoms with Crippen molar-refractivity contribution in [2.75, 3.05) is 14.2 Å². The quantitative estimate of drug-likeness (QED) is 0.919. The van der Waals surface area contributed by atoms with E-state index in [-0.39, 0.29) is 23.4 Å². The van der Waals surface area contributed by atoms with E-state index in [1.807, 2.05) is 34.6 Å². The maximum Gasteiger partial charge on any atom is 0.259 e. The maximum absolute atomic E-state index is 13.0. The summed E-state index contributed by atoms with van der Waals surface area (Å²) < 4.78 is 10.7. The van der Waals surface area contributed by atoms with Crippen molar-refractivity contribution >= 4 is 11.8 Å². The molecule has 0 saturated carbocycles. The molecule has 1 aromatic rings. The van der Waals surface area contributed by atoms with Crippen LogP contribution in [0.15, 0.2) is 12.1 Å². The summed E-state index contributed by atoms with van der Waals surface area (Å²) in [5.74, 6) is 0.433. The maximum atomic E-state index is 13.0. The first kappa shape index (κ1) is 18.1. The molecule has 1 N–H and O–H groups in total. The number of nitrogens with one attached hydrogen (secondary N) is 1. The summed E-state index contributed by atoms with van der Waals surface area (Å²) in [4.78, 5) is 27.4. The van der Waals surface area contributed by atoms with Gasteiger partial charge >= 0.3 is 0 Å². The van der Waals surface area contributed by atoms with Gasteiger partial charge in [-0.2, -0.15) is 0 Å². The second kappa shape index (κ2) is 6.34. The minimum absolute atomic E-state index is 0.128. The number of hydrogen-bond donors (Lipinski definition) is 1. The topological polar surface area (TPSA) is 67.9 Å². The molecule has 0 fully saturated rings. The van der Waals surface area contributed by atoms with Gasteiger partial charge in [-0.1, -0.05) is 6.07 Å². The number of fused-ring (bicyclic) bond motifs is 1. The van der Waals surface area contributed by atoms with Gasteiger partial charge in [-0.25, -0.2) is 0 Å². The Labute approximate surface area is 143 Å². The molecule has 1 heterocycles. The van der Waals surface area contributed by atoms with E-state index in [9.17, 15) is 9.59 Å². The van der Waals surface area contributed by atoms with E-state index < -0.39 is 6.04 Å². The Kier molecular flexibility index (Phi) is 4.78. The summed E-state index contributed by atoms with van der Waals surface area (Å²) >= 11 is 0. The van der Waals surface area contributed by atoms with Crippen LogP contribution in [-0.2, 0) is 4.79 Å². The zero-order chi connectivity index (χ0) is 18.2. The standard InChI is InChI=1S/C18H26N2O4/c1-10(2)20-14(16(21)19-18(3,4)5)11-8-9-12(23-6)15(24-7)13(11)17(20)22/h8-10,14H,1-7H3,(H,19,21). The van der Waals surface area contributed by atoms with E-state index in [4.69, 9.17) is 9.47 Å². The van der Waals surface area contributed by atoms with Gasteiger partial charge in [-0.05, 0) is 40.7 Å². The van der Waals surface area contributed by atoms with E-state index in [1.165, 1.54) is 14.2 Å². The predicted octanol–water partition coefficient (Wildman–Crippen LogP) is 2.52. The fourth-order valence-electron chi connectivity index (χ4n) is 3.03. The van der Waals surface area contributed by atoms with Crippen molar-refractivity contribution < 1.29 is 19.1 Å². The highest BCUT2D eigenvalue weighted by Crippen LogP contribution is 2.44. The Balaban J connectivity index is 2.60. The van der Waals surface area contributed by atoms with Gasteiger partial charge in [0.25, 0.3) is 5.91 Å². The third kappa shape index (κ3) is 3.05. The molecular formula is C18H26N2O4. The molecule has 6 heteroatoms. The lowest BCUT2D eigenvalue weighted by atomic mass is 10.0. The van der Waals surface area contributed by atoms with E-state index >= 15 is 0 Å². The number of hydrogen-bond acceptors (Lipinski definition) is 4. The van der Waals surface area contributed by atoms with Gasteiger partial charge in [-0.15, -0.1) is 0 Å². The summed E-state index contributed by atoms with van der Waals surface area (Å²) in [5.41, 5.74) is 0.662. The summed E-state index contributed by atoms with van der Waals surface area (Å²) in [6, 6.07) is 2.69. The number of carbonyl (C=O) groups is 2. The van der Waals surface area contributed by atoms with Crippen LogP contribution in [0.2, 0.25) is 0 Å². The van der Waals surface area contributed by atoms with Crippen molar-refractivity contribution in [2.24, 2.45) is 0 Å². The molecule has 0 aromatic heterocycles. The van der Waals surface area contributed by atoms with E-state index in [0.29, 0.717) is 22.6 Å². The number of nitrogens with zero attached hydrogens (tertiary/aromatic N) is 1. The first-order valence-electron chi connectivity index (χ1n) is 8.02. The minimum Gasteiger partial charge on any atom is -0.493 e. The molecule has 1 atom stereocenters. The second-order valence-electron chi connectivity index (χ2n) is 7.21. The highest BCUT2D eigenvalue weighted by Gasteiger charge is 2.45. The molecule has 132 valence electrons. The minimum atomic E-state index is -0.675. The second-order valence-corrected chi connectivity index (χ2v) is 7.21. The first-order chi connectivity index (χ1) is 11.1. The average Bonchev–Trinajstić information content (AvgIpc) is 2.78. The van der Waals surface area contributed by atoms with Gasteiger partial charge < -0.3 is 19.7 Å². The van der Waals surface area contributed by atoms with Crippen molar-refractivity contribution in [2.45, 2.75) is 52.2 Å². The first-order valence-corrected chi connectivity index (χ1v) is 8.02. The zero-order valence-corrected chi connectivity index (χ0v) is 15.4. The molecule has 1 unspecified atom stereocenters. The van der Waals surface area contributed by atoms with Crippen LogP contribution in [0, 0.1) is 0 Å². The molecule has 1 aliphatic rings. The third-order valence-electron chi connectivity index (χ3n) is 3.90. The van der Waals surface area contributed by atoms with E-state index in [1.54, 1.807) is 17.0 Å². The summed E-state index contributed by atoms with van der Waals surface area (Å²) in [6.45, 7) is 9.53. The molecule has 1 aliphatic heterocycles. The fourth-order valence-corrected chi connectivity index (χ4v) is 3.03. The van der Waals surface area contributed by atoms with Gasteiger partial charge in [0.05, 0.1) is 19.8 Å². The molecule has 0 saturated heterocycles.